The van der Waals surface area contributed by atoms with Gasteiger partial charge in [-0.05, 0) is 51.3 Å². The lowest BCUT2D eigenvalue weighted by molar-refractivity contribution is 0.167. The van der Waals surface area contributed by atoms with Gasteiger partial charge < -0.3 is 20.4 Å². The molecule has 0 atom stereocenters. The minimum absolute atomic E-state index is 0. The molecule has 0 unspecified atom stereocenters. The number of likely N-dealkylation sites (tertiary alicyclic amines) is 1. The van der Waals surface area contributed by atoms with Crippen LogP contribution in [0.15, 0.2) is 35.3 Å². The molecule has 0 aliphatic carbocycles. The summed E-state index contributed by atoms with van der Waals surface area (Å²) >= 11 is 0. The van der Waals surface area contributed by atoms with Crippen LogP contribution in [0.1, 0.15) is 39.2 Å². The number of nitrogens with zero attached hydrogens (tertiary/aromatic N) is 4. The third-order valence-electron chi connectivity index (χ3n) is 5.60. The van der Waals surface area contributed by atoms with Crippen molar-refractivity contribution in [3.63, 3.8) is 0 Å². The van der Waals surface area contributed by atoms with Crippen LogP contribution < -0.4 is 15.5 Å². The van der Waals surface area contributed by atoms with Gasteiger partial charge in [0.05, 0.1) is 12.1 Å². The monoisotopic (exact) mass is 524 g/mol. The van der Waals surface area contributed by atoms with E-state index < -0.39 is 0 Å². The van der Waals surface area contributed by atoms with E-state index in [0.29, 0.717) is 18.6 Å². The smallest absolute Gasteiger partial charge is 0.191 e. The molecule has 1 fully saturated rings. The van der Waals surface area contributed by atoms with Crippen LogP contribution in [0.25, 0.3) is 10.9 Å². The Balaban J connectivity index is 0.00000320. The van der Waals surface area contributed by atoms with Crippen molar-refractivity contribution in [2.45, 2.75) is 52.2 Å². The van der Waals surface area contributed by atoms with Crippen molar-refractivity contribution in [3.05, 3.63) is 35.9 Å². The Morgan fingerprint density at radius 1 is 1.23 bits per heavy atom. The molecular formula is C23H37IN6. The van der Waals surface area contributed by atoms with E-state index in [1.807, 2.05) is 25.1 Å². The number of hydrogen-bond donors (Lipinski definition) is 2. The fraction of sp³-hybridized carbons (Fsp3) is 0.565. The molecule has 0 spiro atoms. The van der Waals surface area contributed by atoms with Gasteiger partial charge >= 0.3 is 0 Å². The molecule has 30 heavy (non-hydrogen) atoms. The lowest BCUT2D eigenvalue weighted by Crippen LogP contribution is -2.49. The lowest BCUT2D eigenvalue weighted by Gasteiger charge is -2.35. The molecule has 0 amide bonds. The number of benzene rings is 1. The highest BCUT2D eigenvalue weighted by Gasteiger charge is 2.21. The number of fused-ring (bicyclic) bond motifs is 1. The summed E-state index contributed by atoms with van der Waals surface area (Å²) in [6, 6.07) is 11.6. The third-order valence-corrected chi connectivity index (χ3v) is 5.60. The number of piperidine rings is 1. The summed E-state index contributed by atoms with van der Waals surface area (Å²) in [5, 5.41) is 8.25. The minimum atomic E-state index is 0. The van der Waals surface area contributed by atoms with Gasteiger partial charge in [-0.3, -0.25) is 0 Å². The standard InChI is InChI=1S/C23H36N6.HI/c1-6-24-23(26-19-11-13-29(14-12-19)17(2)3)25-16-18-15-22(28(4)5)27-21-10-8-7-9-20(18)21;/h7-10,15,17,19H,6,11-14,16H2,1-5H3,(H2,24,25,26);1H. The van der Waals surface area contributed by atoms with Crippen molar-refractivity contribution >= 4 is 46.7 Å². The topological polar surface area (TPSA) is 55.8 Å². The van der Waals surface area contributed by atoms with Crippen LogP contribution in [0, 0.1) is 0 Å². The molecule has 7 heteroatoms. The second-order valence-corrected chi connectivity index (χ2v) is 8.29. The number of guanidine groups is 1. The van der Waals surface area contributed by atoms with Gasteiger partial charge in [-0.25, -0.2) is 9.98 Å². The summed E-state index contributed by atoms with van der Waals surface area (Å²) in [5.74, 6) is 1.87. The molecule has 1 aromatic carbocycles. The highest BCUT2D eigenvalue weighted by molar-refractivity contribution is 14.0. The number of rotatable bonds is 6. The summed E-state index contributed by atoms with van der Waals surface area (Å²) in [6.07, 6.45) is 2.32. The Hall–Kier alpha value is -1.61. The van der Waals surface area contributed by atoms with Gasteiger partial charge in [0.2, 0.25) is 0 Å². The van der Waals surface area contributed by atoms with E-state index in [1.54, 1.807) is 0 Å². The Bertz CT molecular complexity index is 828. The average molecular weight is 524 g/mol. The summed E-state index contributed by atoms with van der Waals surface area (Å²) in [5.41, 5.74) is 2.22. The second kappa shape index (κ2) is 11.7. The van der Waals surface area contributed by atoms with E-state index in [2.05, 4.69) is 60.6 Å². The van der Waals surface area contributed by atoms with E-state index in [9.17, 15) is 0 Å². The zero-order chi connectivity index (χ0) is 20.8. The molecule has 166 valence electrons. The molecule has 2 heterocycles. The predicted octanol–water partition coefficient (Wildman–Crippen LogP) is 3.85. The Kier molecular flexibility index (Phi) is 9.61. The van der Waals surface area contributed by atoms with Crippen molar-refractivity contribution in [2.75, 3.05) is 38.6 Å². The zero-order valence-corrected chi connectivity index (χ0v) is 21.3. The molecule has 3 rings (SSSR count). The van der Waals surface area contributed by atoms with E-state index >= 15 is 0 Å². The van der Waals surface area contributed by atoms with Gasteiger partial charge in [-0.15, -0.1) is 24.0 Å². The number of aliphatic imine (C=N–C) groups is 1. The molecule has 1 aliphatic heterocycles. The number of aromatic nitrogens is 1. The fourth-order valence-electron chi connectivity index (χ4n) is 3.83. The van der Waals surface area contributed by atoms with E-state index in [-0.39, 0.29) is 24.0 Å². The second-order valence-electron chi connectivity index (χ2n) is 8.29. The van der Waals surface area contributed by atoms with Crippen molar-refractivity contribution < 1.29 is 0 Å². The molecule has 0 radical (unpaired) electrons. The average Bonchev–Trinajstić information content (AvgIpc) is 2.72. The largest absolute Gasteiger partial charge is 0.363 e. The Labute approximate surface area is 198 Å². The predicted molar refractivity (Wildman–Crippen MR) is 139 cm³/mol. The Morgan fingerprint density at radius 3 is 2.57 bits per heavy atom. The number of halogens is 1. The molecule has 0 saturated carbocycles. The first kappa shape index (κ1) is 24.7. The van der Waals surface area contributed by atoms with Gasteiger partial charge in [-0.2, -0.15) is 0 Å². The van der Waals surface area contributed by atoms with Gasteiger partial charge in [-0.1, -0.05) is 18.2 Å². The molecule has 2 N–H and O–H groups in total. The molecule has 1 aliphatic rings. The first-order valence-corrected chi connectivity index (χ1v) is 10.8. The van der Waals surface area contributed by atoms with E-state index in [4.69, 9.17) is 9.98 Å². The third kappa shape index (κ3) is 6.44. The maximum absolute atomic E-state index is 4.92. The van der Waals surface area contributed by atoms with Gasteiger partial charge in [0, 0.05) is 51.2 Å². The summed E-state index contributed by atoms with van der Waals surface area (Å²) in [4.78, 5) is 14.3. The highest BCUT2D eigenvalue weighted by Crippen LogP contribution is 2.23. The van der Waals surface area contributed by atoms with Crippen LogP contribution in [-0.2, 0) is 6.54 Å². The van der Waals surface area contributed by atoms with Crippen LogP contribution in [0.2, 0.25) is 0 Å². The van der Waals surface area contributed by atoms with Gasteiger partial charge in [0.15, 0.2) is 5.96 Å². The van der Waals surface area contributed by atoms with Crippen LogP contribution in [0.5, 0.6) is 0 Å². The van der Waals surface area contributed by atoms with Crippen molar-refractivity contribution in [1.29, 1.82) is 0 Å². The lowest BCUT2D eigenvalue weighted by atomic mass is 10.0. The number of hydrogen-bond acceptors (Lipinski definition) is 4. The molecule has 2 aromatic rings. The van der Waals surface area contributed by atoms with Gasteiger partial charge in [0.1, 0.15) is 5.82 Å². The number of para-hydroxylation sites is 1. The van der Waals surface area contributed by atoms with Gasteiger partial charge in [0.25, 0.3) is 0 Å². The quantitative estimate of drug-likeness (QED) is 0.342. The number of nitrogens with one attached hydrogen (secondary N) is 2. The van der Waals surface area contributed by atoms with E-state index in [1.165, 1.54) is 10.9 Å². The summed E-state index contributed by atoms with van der Waals surface area (Å²) in [6.45, 7) is 10.5. The van der Waals surface area contributed by atoms with Crippen LogP contribution in [0.3, 0.4) is 0 Å². The van der Waals surface area contributed by atoms with Crippen LogP contribution in [0.4, 0.5) is 5.82 Å². The highest BCUT2D eigenvalue weighted by atomic mass is 127. The van der Waals surface area contributed by atoms with Crippen molar-refractivity contribution in [3.8, 4) is 0 Å². The summed E-state index contributed by atoms with van der Waals surface area (Å²) < 4.78 is 0. The Morgan fingerprint density at radius 2 is 1.93 bits per heavy atom. The molecule has 0 bridgehead atoms. The summed E-state index contributed by atoms with van der Waals surface area (Å²) in [7, 11) is 4.05. The fourth-order valence-corrected chi connectivity index (χ4v) is 3.83. The van der Waals surface area contributed by atoms with Crippen molar-refractivity contribution in [2.24, 2.45) is 4.99 Å². The molecular weight excluding hydrogens is 487 g/mol. The van der Waals surface area contributed by atoms with Crippen molar-refractivity contribution in [1.82, 2.24) is 20.5 Å². The number of pyridine rings is 1. The van der Waals surface area contributed by atoms with Crippen LogP contribution >= 0.6 is 24.0 Å². The minimum Gasteiger partial charge on any atom is -0.363 e. The zero-order valence-electron chi connectivity index (χ0n) is 19.0. The molecule has 1 aromatic heterocycles. The normalized spacial score (nSPS) is 15.9. The maximum Gasteiger partial charge on any atom is 0.191 e. The molecule has 1 saturated heterocycles. The SMILES string of the molecule is CCNC(=NCc1cc(N(C)C)nc2ccccc12)NC1CCN(C(C)C)CC1.I. The molecule has 6 nitrogen and oxygen atoms in total. The first-order valence-electron chi connectivity index (χ1n) is 10.8. The first-order chi connectivity index (χ1) is 14.0. The maximum atomic E-state index is 4.92. The van der Waals surface area contributed by atoms with Crippen LogP contribution in [-0.4, -0.2) is 61.7 Å². The number of anilines is 1. The van der Waals surface area contributed by atoms with E-state index in [0.717, 1.165) is 49.8 Å².